The van der Waals surface area contributed by atoms with Crippen LogP contribution in [-0.2, 0) is 44.6 Å². The first kappa shape index (κ1) is 23.6. The van der Waals surface area contributed by atoms with Crippen LogP contribution in [-0.4, -0.2) is 61.4 Å². The molecule has 12 heteroatoms. The molecule has 1 fully saturated rings. The van der Waals surface area contributed by atoms with Crippen molar-refractivity contribution in [2.24, 2.45) is 11.3 Å². The summed E-state index contributed by atoms with van der Waals surface area (Å²) in [5.41, 5.74) is 8.17. The number of hydrogen-bond donors (Lipinski definition) is 0. The molecule has 164 valence electrons. The molecule has 0 aromatic rings. The molecule has 1 amide bonds. The predicted octanol–water partition coefficient (Wildman–Crippen LogP) is 0.477. The number of carbonyl (C=O) groups excluding carboxylic acids is 4. The van der Waals surface area contributed by atoms with Crippen LogP contribution in [0.3, 0.4) is 0 Å². The average Bonchev–Trinajstić information content (AvgIpc) is 2.61. The van der Waals surface area contributed by atoms with Crippen molar-refractivity contribution in [2.45, 2.75) is 53.0 Å². The molecule has 11 nitrogen and oxygen atoms in total. The minimum Gasteiger partial charge on any atom is -0.604 e. The maximum Gasteiger partial charge on any atom is 0.490 e. The lowest BCUT2D eigenvalue weighted by molar-refractivity contribution is -0.176. The molecular formula is C18H23N3O8S. The fraction of sp³-hybridized carbons (Fsp3) is 0.611. The monoisotopic (exact) mass is 441 g/mol. The molecule has 0 aromatic carbocycles. The summed E-state index contributed by atoms with van der Waals surface area (Å²) in [7, 11) is 0. The maximum absolute atomic E-state index is 12.8. The minimum absolute atomic E-state index is 0.0221. The van der Waals surface area contributed by atoms with Gasteiger partial charge in [-0.3, -0.25) is 19.3 Å². The highest BCUT2D eigenvalue weighted by Crippen LogP contribution is 2.43. The van der Waals surface area contributed by atoms with Gasteiger partial charge in [0.2, 0.25) is 18.1 Å². The third-order valence-electron chi connectivity index (χ3n) is 4.55. The highest BCUT2D eigenvalue weighted by Gasteiger charge is 2.66. The van der Waals surface area contributed by atoms with Crippen LogP contribution >= 0.6 is 0 Å². The Morgan fingerprint density at radius 1 is 1.30 bits per heavy atom. The summed E-state index contributed by atoms with van der Waals surface area (Å²) in [6.07, 6.45) is -0.913. The second-order valence-corrected chi connectivity index (χ2v) is 9.31. The number of esters is 3. The molecule has 0 aromatic heterocycles. The number of rotatable bonds is 5. The van der Waals surface area contributed by atoms with Crippen LogP contribution in [0.25, 0.3) is 5.53 Å². The second-order valence-electron chi connectivity index (χ2n) is 7.85. The molecule has 1 saturated heterocycles. The number of nitrogens with zero attached hydrogens (tertiary/aromatic N) is 3. The number of hydrogen-bond acceptors (Lipinski definition) is 8. The van der Waals surface area contributed by atoms with Crippen LogP contribution in [0.4, 0.5) is 0 Å². The van der Waals surface area contributed by atoms with E-state index in [9.17, 15) is 29.3 Å². The molecule has 2 aliphatic rings. The third-order valence-corrected chi connectivity index (χ3v) is 6.26. The minimum atomic E-state index is -1.98. The molecular weight excluding hydrogens is 418 g/mol. The van der Waals surface area contributed by atoms with Crippen LogP contribution < -0.4 is 0 Å². The summed E-state index contributed by atoms with van der Waals surface area (Å²) >= 11 is -1.98. The zero-order valence-electron chi connectivity index (χ0n) is 17.5. The van der Waals surface area contributed by atoms with Crippen molar-refractivity contribution < 1.29 is 42.7 Å². The first-order chi connectivity index (χ1) is 13.8. The van der Waals surface area contributed by atoms with Crippen molar-refractivity contribution in [3.05, 3.63) is 16.8 Å². The Labute approximate surface area is 176 Å². The van der Waals surface area contributed by atoms with Gasteiger partial charge in [0.1, 0.15) is 23.3 Å². The topological polar surface area (TPSA) is 159 Å². The van der Waals surface area contributed by atoms with E-state index in [1.54, 1.807) is 20.8 Å². The lowest BCUT2D eigenvalue weighted by Crippen LogP contribution is -2.70. The summed E-state index contributed by atoms with van der Waals surface area (Å²) in [6.45, 7) is 8.15. The summed E-state index contributed by atoms with van der Waals surface area (Å²) in [5.74, 6) is -3.85. The van der Waals surface area contributed by atoms with Crippen LogP contribution in [0, 0.1) is 11.3 Å². The van der Waals surface area contributed by atoms with E-state index in [4.69, 9.17) is 14.2 Å². The molecule has 0 radical (unpaired) electrons. The van der Waals surface area contributed by atoms with Crippen molar-refractivity contribution in [1.82, 2.24) is 4.90 Å². The summed E-state index contributed by atoms with van der Waals surface area (Å²) in [5, 5.41) is -1.39. The number of fused-ring (bicyclic) bond motifs is 1. The summed E-state index contributed by atoms with van der Waals surface area (Å²) in [6, 6.07) is 0. The van der Waals surface area contributed by atoms with E-state index in [-0.39, 0.29) is 16.3 Å². The van der Waals surface area contributed by atoms with Gasteiger partial charge in [0.05, 0.1) is 16.6 Å². The normalized spacial score (nSPS) is 24.4. The standard InChI is InChI=1S/C18H23N3O8S/c1-8-12(16(24)27-7-28-17(25)18(4,5)6)21-14(23)11(9(2)29-10(3)22)15(21)30(26)13(8)20-19/h9,11,15H,7H2,1-6H3/t9?,11-,15+,30?/m0/s1. The Balaban J connectivity index is 2.26. The van der Waals surface area contributed by atoms with E-state index < -0.39 is 64.6 Å². The average molecular weight is 441 g/mol. The lowest BCUT2D eigenvalue weighted by atomic mass is 9.90. The molecule has 2 unspecified atom stereocenters. The highest BCUT2D eigenvalue weighted by atomic mass is 32.2. The lowest BCUT2D eigenvalue weighted by Gasteiger charge is -2.48. The van der Waals surface area contributed by atoms with Crippen LogP contribution in [0.15, 0.2) is 11.3 Å². The Hall–Kier alpha value is -2.69. The van der Waals surface area contributed by atoms with E-state index in [1.807, 2.05) is 0 Å². The van der Waals surface area contributed by atoms with Gasteiger partial charge in [-0.2, -0.15) is 0 Å². The SMILES string of the molecule is CC(=O)OC(C)[C@H]1C(=O)N2C(C(=O)OCOC(=O)C(C)(C)C)=C(C)C(=[N+]=[N-])[S+]([O-])[C@H]12. The fourth-order valence-electron chi connectivity index (χ4n) is 3.06. The summed E-state index contributed by atoms with van der Waals surface area (Å²) < 4.78 is 27.6. The molecule has 30 heavy (non-hydrogen) atoms. The van der Waals surface area contributed by atoms with E-state index in [0.717, 1.165) is 4.90 Å². The van der Waals surface area contributed by atoms with Gasteiger partial charge in [-0.05, 0) is 34.6 Å². The molecule has 0 spiro atoms. The second kappa shape index (κ2) is 8.58. The Morgan fingerprint density at radius 3 is 2.40 bits per heavy atom. The third kappa shape index (κ3) is 4.25. The van der Waals surface area contributed by atoms with Gasteiger partial charge in [0.15, 0.2) is 0 Å². The zero-order valence-corrected chi connectivity index (χ0v) is 18.3. The van der Waals surface area contributed by atoms with E-state index in [0.29, 0.717) is 0 Å². The Bertz CT molecular complexity index is 871. The fourth-order valence-corrected chi connectivity index (χ4v) is 4.77. The Kier molecular flexibility index (Phi) is 6.75. The van der Waals surface area contributed by atoms with Gasteiger partial charge in [0.25, 0.3) is 0 Å². The number of carbonyl (C=O) groups is 4. The molecule has 2 aliphatic heterocycles. The van der Waals surface area contributed by atoms with Gasteiger partial charge < -0.3 is 24.3 Å². The predicted molar refractivity (Wildman–Crippen MR) is 101 cm³/mol. The number of β-lactam (4-membered cyclic amide) rings is 1. The summed E-state index contributed by atoms with van der Waals surface area (Å²) in [4.78, 5) is 52.3. The first-order valence-corrected chi connectivity index (χ1v) is 10.2. The molecule has 0 bridgehead atoms. The van der Waals surface area contributed by atoms with Gasteiger partial charge in [-0.15, -0.1) is 4.79 Å². The van der Waals surface area contributed by atoms with Crippen molar-refractivity contribution in [3.8, 4) is 0 Å². The zero-order chi connectivity index (χ0) is 23.0. The largest absolute Gasteiger partial charge is 0.604 e. The van der Waals surface area contributed by atoms with Gasteiger partial charge in [-0.1, -0.05) is 0 Å². The molecule has 0 saturated carbocycles. The van der Waals surface area contributed by atoms with Crippen molar-refractivity contribution >= 4 is 40.0 Å². The van der Waals surface area contributed by atoms with Gasteiger partial charge in [-0.25, -0.2) is 4.79 Å². The van der Waals surface area contributed by atoms with E-state index in [2.05, 4.69) is 4.79 Å². The molecule has 0 N–H and O–H groups in total. The first-order valence-electron chi connectivity index (χ1n) is 9.01. The van der Waals surface area contributed by atoms with Crippen LogP contribution in [0.1, 0.15) is 41.5 Å². The molecule has 0 aliphatic carbocycles. The van der Waals surface area contributed by atoms with Crippen LogP contribution in [0.2, 0.25) is 0 Å². The quantitative estimate of drug-likeness (QED) is 0.149. The molecule has 2 rings (SSSR count). The maximum atomic E-state index is 12.8. The van der Waals surface area contributed by atoms with Crippen LogP contribution in [0.5, 0.6) is 0 Å². The van der Waals surface area contributed by atoms with Crippen molar-refractivity contribution in [1.29, 1.82) is 0 Å². The molecule has 4 atom stereocenters. The van der Waals surface area contributed by atoms with Gasteiger partial charge >= 0.3 is 23.0 Å². The van der Waals surface area contributed by atoms with E-state index in [1.165, 1.54) is 20.8 Å². The number of amides is 1. The van der Waals surface area contributed by atoms with E-state index >= 15 is 0 Å². The highest BCUT2D eigenvalue weighted by molar-refractivity contribution is 8.07. The number of ether oxygens (including phenoxy) is 3. The van der Waals surface area contributed by atoms with Crippen molar-refractivity contribution in [2.75, 3.05) is 6.79 Å². The van der Waals surface area contributed by atoms with Gasteiger partial charge in [0, 0.05) is 6.92 Å². The molecule has 2 heterocycles. The Morgan fingerprint density at radius 2 is 1.90 bits per heavy atom. The van der Waals surface area contributed by atoms with Crippen molar-refractivity contribution in [3.63, 3.8) is 0 Å². The smallest absolute Gasteiger partial charge is 0.490 e.